The Morgan fingerprint density at radius 1 is 1.00 bits per heavy atom. The summed E-state index contributed by atoms with van der Waals surface area (Å²) in [6, 6.07) is -3.12. The van der Waals surface area contributed by atoms with E-state index in [1.807, 2.05) is 13.8 Å². The average Bonchev–Trinajstić information content (AvgIpc) is 2.60. The van der Waals surface area contributed by atoms with Crippen LogP contribution in [0.4, 0.5) is 0 Å². The van der Waals surface area contributed by atoms with Gasteiger partial charge >= 0.3 is 5.97 Å². The molecule has 160 valence electrons. The van der Waals surface area contributed by atoms with Crippen LogP contribution in [0.1, 0.15) is 33.1 Å². The van der Waals surface area contributed by atoms with Gasteiger partial charge < -0.3 is 32.5 Å². The van der Waals surface area contributed by atoms with Gasteiger partial charge in [0.25, 0.3) is 0 Å². The number of rotatable bonds is 13. The molecule has 0 aliphatic carbocycles. The summed E-state index contributed by atoms with van der Waals surface area (Å²) in [6.07, 6.45) is -0.0181. The Hall–Kier alpha value is -2.34. The van der Waals surface area contributed by atoms with E-state index in [1.54, 1.807) is 0 Å². The molecule has 0 radical (unpaired) electrons. The molecule has 0 aliphatic rings. The van der Waals surface area contributed by atoms with E-state index in [0.29, 0.717) is 0 Å². The lowest BCUT2D eigenvalue weighted by molar-refractivity contribution is -0.138. The standard InChI is InChI=1S/C16H29N5O6S/c1-8(2)5-11(15(26)19-6-13(23)24)21-16(27)10(3-4-12(18)22)20-14(25)9(17)7-28/h8-11,28H,3-7,17H2,1-2H3,(H2,18,22)(H,19,26)(H,20,25)(H,21,27)(H,23,24). The molecule has 11 nitrogen and oxygen atoms in total. The van der Waals surface area contributed by atoms with Crippen LogP contribution in [0.3, 0.4) is 0 Å². The number of carboxylic acids is 1. The smallest absolute Gasteiger partial charge is 0.322 e. The van der Waals surface area contributed by atoms with Gasteiger partial charge in [-0.15, -0.1) is 0 Å². The van der Waals surface area contributed by atoms with Crippen molar-refractivity contribution in [1.82, 2.24) is 16.0 Å². The molecule has 3 unspecified atom stereocenters. The van der Waals surface area contributed by atoms with Crippen molar-refractivity contribution in [3.05, 3.63) is 0 Å². The van der Waals surface area contributed by atoms with Crippen LogP contribution in [0, 0.1) is 5.92 Å². The molecule has 0 aromatic rings. The van der Waals surface area contributed by atoms with Gasteiger partial charge in [0.15, 0.2) is 0 Å². The molecular weight excluding hydrogens is 390 g/mol. The number of hydrogen-bond acceptors (Lipinski definition) is 7. The lowest BCUT2D eigenvalue weighted by Gasteiger charge is -2.24. The van der Waals surface area contributed by atoms with Crippen molar-refractivity contribution in [3.63, 3.8) is 0 Å². The number of amides is 4. The molecule has 0 aromatic carbocycles. The van der Waals surface area contributed by atoms with Crippen molar-refractivity contribution in [2.24, 2.45) is 17.4 Å². The Kier molecular flexibility index (Phi) is 11.9. The van der Waals surface area contributed by atoms with Crippen LogP contribution in [-0.2, 0) is 24.0 Å². The molecule has 0 heterocycles. The van der Waals surface area contributed by atoms with Gasteiger partial charge in [-0.3, -0.25) is 24.0 Å². The van der Waals surface area contributed by atoms with Crippen molar-refractivity contribution in [2.75, 3.05) is 12.3 Å². The van der Waals surface area contributed by atoms with E-state index in [2.05, 4.69) is 28.6 Å². The number of aliphatic carboxylic acids is 1. The summed E-state index contributed by atoms with van der Waals surface area (Å²) in [5.74, 6) is -3.86. The maximum Gasteiger partial charge on any atom is 0.322 e. The number of hydrogen-bond donors (Lipinski definition) is 7. The summed E-state index contributed by atoms with van der Waals surface area (Å²) in [7, 11) is 0. The Morgan fingerprint density at radius 2 is 1.57 bits per heavy atom. The van der Waals surface area contributed by atoms with Crippen LogP contribution in [0.25, 0.3) is 0 Å². The first-order valence-corrected chi connectivity index (χ1v) is 9.36. The predicted octanol–water partition coefficient (Wildman–Crippen LogP) is -2.27. The van der Waals surface area contributed by atoms with Crippen LogP contribution in [0.2, 0.25) is 0 Å². The van der Waals surface area contributed by atoms with Crippen molar-refractivity contribution in [2.45, 2.75) is 51.2 Å². The van der Waals surface area contributed by atoms with Crippen molar-refractivity contribution < 1.29 is 29.1 Å². The second kappa shape index (κ2) is 12.9. The molecule has 4 amide bonds. The molecule has 0 aliphatic heterocycles. The van der Waals surface area contributed by atoms with Gasteiger partial charge in [0, 0.05) is 12.2 Å². The zero-order chi connectivity index (χ0) is 21.9. The largest absolute Gasteiger partial charge is 0.480 e. The Bertz CT molecular complexity index is 586. The van der Waals surface area contributed by atoms with Crippen molar-refractivity contribution in [1.29, 1.82) is 0 Å². The SMILES string of the molecule is CC(C)CC(NC(=O)C(CCC(N)=O)NC(=O)C(N)CS)C(=O)NCC(=O)O. The molecule has 0 bridgehead atoms. The number of primary amides is 1. The highest BCUT2D eigenvalue weighted by Crippen LogP contribution is 2.07. The predicted molar refractivity (Wildman–Crippen MR) is 104 cm³/mol. The monoisotopic (exact) mass is 419 g/mol. The third kappa shape index (κ3) is 10.7. The molecular formula is C16H29N5O6S. The normalized spacial score (nSPS) is 13.9. The minimum atomic E-state index is -1.23. The van der Waals surface area contributed by atoms with E-state index < -0.39 is 54.3 Å². The van der Waals surface area contributed by atoms with Gasteiger partial charge in [0.2, 0.25) is 23.6 Å². The van der Waals surface area contributed by atoms with E-state index >= 15 is 0 Å². The second-order valence-corrected chi connectivity index (χ2v) is 7.02. The van der Waals surface area contributed by atoms with Crippen molar-refractivity contribution in [3.8, 4) is 0 Å². The van der Waals surface area contributed by atoms with Crippen LogP contribution in [0.15, 0.2) is 0 Å². The molecule has 0 fully saturated rings. The van der Waals surface area contributed by atoms with Crippen LogP contribution in [-0.4, -0.2) is 65.1 Å². The van der Waals surface area contributed by atoms with E-state index in [1.165, 1.54) is 0 Å². The van der Waals surface area contributed by atoms with Crippen molar-refractivity contribution >= 4 is 42.2 Å². The van der Waals surface area contributed by atoms with Gasteiger partial charge in [-0.1, -0.05) is 13.8 Å². The van der Waals surface area contributed by atoms with Gasteiger partial charge in [-0.05, 0) is 18.8 Å². The lowest BCUT2D eigenvalue weighted by Crippen LogP contribution is -2.56. The number of nitrogens with two attached hydrogens (primary N) is 2. The highest BCUT2D eigenvalue weighted by Gasteiger charge is 2.28. The van der Waals surface area contributed by atoms with Gasteiger partial charge in [-0.2, -0.15) is 12.6 Å². The molecule has 8 N–H and O–H groups in total. The van der Waals surface area contributed by atoms with Gasteiger partial charge in [0.1, 0.15) is 18.6 Å². The highest BCUT2D eigenvalue weighted by molar-refractivity contribution is 7.80. The second-order valence-electron chi connectivity index (χ2n) is 6.66. The maximum atomic E-state index is 12.6. The first kappa shape index (κ1) is 25.7. The maximum absolute atomic E-state index is 12.6. The van der Waals surface area contributed by atoms with Crippen LogP contribution >= 0.6 is 12.6 Å². The van der Waals surface area contributed by atoms with E-state index in [4.69, 9.17) is 16.6 Å². The zero-order valence-electron chi connectivity index (χ0n) is 15.9. The van der Waals surface area contributed by atoms with Crippen LogP contribution < -0.4 is 27.4 Å². The highest BCUT2D eigenvalue weighted by atomic mass is 32.1. The Morgan fingerprint density at radius 3 is 2.04 bits per heavy atom. The summed E-state index contributed by atoms with van der Waals surface area (Å²) in [5.41, 5.74) is 10.7. The molecule has 0 saturated carbocycles. The number of nitrogens with one attached hydrogen (secondary N) is 3. The minimum Gasteiger partial charge on any atom is -0.480 e. The summed E-state index contributed by atoms with van der Waals surface area (Å²) < 4.78 is 0. The molecule has 0 spiro atoms. The quantitative estimate of drug-likeness (QED) is 0.163. The molecule has 12 heteroatoms. The third-order valence-electron chi connectivity index (χ3n) is 3.60. The van der Waals surface area contributed by atoms with Crippen LogP contribution in [0.5, 0.6) is 0 Å². The van der Waals surface area contributed by atoms with Gasteiger partial charge in [-0.25, -0.2) is 0 Å². The molecule has 28 heavy (non-hydrogen) atoms. The van der Waals surface area contributed by atoms with E-state index in [9.17, 15) is 24.0 Å². The molecule has 0 rings (SSSR count). The summed E-state index contributed by atoms with van der Waals surface area (Å²) >= 11 is 3.91. The Labute approximate surface area is 168 Å². The van der Waals surface area contributed by atoms with Gasteiger partial charge in [0.05, 0.1) is 6.04 Å². The topological polar surface area (TPSA) is 194 Å². The first-order chi connectivity index (χ1) is 13.0. The van der Waals surface area contributed by atoms with E-state index in [-0.39, 0.29) is 30.9 Å². The minimum absolute atomic E-state index is 0.0112. The Balaban J connectivity index is 5.24. The molecule has 3 atom stereocenters. The zero-order valence-corrected chi connectivity index (χ0v) is 16.8. The summed E-state index contributed by atoms with van der Waals surface area (Å²) in [6.45, 7) is 3.05. The average molecular weight is 420 g/mol. The number of carboxylic acid groups (broad SMARTS) is 1. The summed E-state index contributed by atoms with van der Waals surface area (Å²) in [4.78, 5) is 58.5. The fraction of sp³-hybridized carbons (Fsp3) is 0.688. The fourth-order valence-electron chi connectivity index (χ4n) is 2.18. The summed E-state index contributed by atoms with van der Waals surface area (Å²) in [5, 5.41) is 15.8. The fourth-order valence-corrected chi connectivity index (χ4v) is 2.34. The first-order valence-electron chi connectivity index (χ1n) is 8.72. The lowest BCUT2D eigenvalue weighted by atomic mass is 10.0. The molecule has 0 aromatic heterocycles. The molecule has 0 saturated heterocycles. The number of thiol groups is 1. The number of carbonyl (C=O) groups is 5. The third-order valence-corrected chi connectivity index (χ3v) is 3.99. The number of carbonyl (C=O) groups excluding carboxylic acids is 4. The van der Waals surface area contributed by atoms with E-state index in [0.717, 1.165) is 0 Å².